The zero-order chi connectivity index (χ0) is 19.1. The van der Waals surface area contributed by atoms with Crippen LogP contribution in [-0.2, 0) is 6.42 Å². The molecule has 5 nitrogen and oxygen atoms in total. The molecule has 0 fully saturated rings. The normalized spacial score (nSPS) is 12.2. The Bertz CT molecular complexity index is 1260. The third-order valence-electron chi connectivity index (χ3n) is 4.95. The molecule has 4 aromatic rings. The molecule has 1 aliphatic rings. The predicted molar refractivity (Wildman–Crippen MR) is 108 cm³/mol. The molecule has 2 heterocycles. The summed E-state index contributed by atoms with van der Waals surface area (Å²) in [6, 6.07) is 19.6. The van der Waals surface area contributed by atoms with Crippen LogP contribution in [0.5, 0.6) is 17.4 Å². The molecule has 5 heteroatoms. The van der Waals surface area contributed by atoms with Gasteiger partial charge in [0.05, 0.1) is 12.2 Å². The standard InChI is InChI=1S/C23H18N2O3/c1-2-27-16-8-5-7-15(12-16)21-24-22(26)19-13-18-17-9-4-3-6-14(17)10-11-20(18)28-23(19)25-21/h3-12H,2,13H2,1H3,(H,24,25,26). The number of hydrogen-bond donors (Lipinski definition) is 1. The fourth-order valence-electron chi connectivity index (χ4n) is 3.63. The first-order valence-corrected chi connectivity index (χ1v) is 9.28. The average Bonchev–Trinajstić information content (AvgIpc) is 2.73. The topological polar surface area (TPSA) is 64.2 Å². The summed E-state index contributed by atoms with van der Waals surface area (Å²) in [5, 5.41) is 2.22. The second kappa shape index (κ2) is 6.53. The molecule has 0 spiro atoms. The van der Waals surface area contributed by atoms with Gasteiger partial charge in [-0.25, -0.2) is 0 Å². The van der Waals surface area contributed by atoms with Crippen molar-refractivity contribution in [3.05, 3.63) is 82.1 Å². The molecule has 0 saturated heterocycles. The van der Waals surface area contributed by atoms with Gasteiger partial charge in [-0.2, -0.15) is 4.98 Å². The van der Waals surface area contributed by atoms with Gasteiger partial charge < -0.3 is 14.5 Å². The summed E-state index contributed by atoms with van der Waals surface area (Å²) in [5.41, 5.74) is 2.16. The van der Waals surface area contributed by atoms with Gasteiger partial charge in [-0.3, -0.25) is 4.79 Å². The van der Waals surface area contributed by atoms with Crippen molar-refractivity contribution in [1.82, 2.24) is 9.97 Å². The third kappa shape index (κ3) is 2.72. The van der Waals surface area contributed by atoms with Crippen molar-refractivity contribution >= 4 is 10.8 Å². The van der Waals surface area contributed by atoms with Crippen LogP contribution in [0.4, 0.5) is 0 Å². The molecule has 0 radical (unpaired) electrons. The highest BCUT2D eigenvalue weighted by Crippen LogP contribution is 2.38. The van der Waals surface area contributed by atoms with Crippen LogP contribution >= 0.6 is 0 Å². The van der Waals surface area contributed by atoms with Gasteiger partial charge in [0, 0.05) is 17.5 Å². The number of aromatic nitrogens is 2. The van der Waals surface area contributed by atoms with Crippen LogP contribution in [0.1, 0.15) is 18.1 Å². The minimum atomic E-state index is -0.180. The van der Waals surface area contributed by atoms with Crippen molar-refractivity contribution in [2.75, 3.05) is 6.61 Å². The molecule has 5 rings (SSSR count). The lowest BCUT2D eigenvalue weighted by Crippen LogP contribution is -2.20. The number of ether oxygens (including phenoxy) is 2. The van der Waals surface area contributed by atoms with E-state index in [9.17, 15) is 4.79 Å². The van der Waals surface area contributed by atoms with Gasteiger partial charge in [0.1, 0.15) is 17.3 Å². The molecule has 0 unspecified atom stereocenters. The number of nitrogens with zero attached hydrogens (tertiary/aromatic N) is 1. The molecular formula is C23H18N2O3. The van der Waals surface area contributed by atoms with Gasteiger partial charge in [0.15, 0.2) is 0 Å². The Kier molecular flexibility index (Phi) is 3.86. The second-order valence-corrected chi connectivity index (χ2v) is 6.70. The van der Waals surface area contributed by atoms with E-state index in [1.807, 2.05) is 55.5 Å². The van der Waals surface area contributed by atoms with Crippen LogP contribution in [-0.4, -0.2) is 16.6 Å². The van der Waals surface area contributed by atoms with E-state index in [4.69, 9.17) is 9.47 Å². The van der Waals surface area contributed by atoms with Crippen molar-refractivity contribution in [3.8, 4) is 28.8 Å². The molecule has 1 N–H and O–H groups in total. The van der Waals surface area contributed by atoms with E-state index in [1.165, 1.54) is 0 Å². The first kappa shape index (κ1) is 16.6. The Hall–Kier alpha value is -3.60. The van der Waals surface area contributed by atoms with E-state index < -0.39 is 0 Å². The Labute approximate surface area is 161 Å². The number of nitrogens with one attached hydrogen (secondary N) is 1. The molecule has 1 aromatic heterocycles. The number of aromatic amines is 1. The van der Waals surface area contributed by atoms with Crippen LogP contribution in [0, 0.1) is 0 Å². The minimum absolute atomic E-state index is 0.180. The summed E-state index contributed by atoms with van der Waals surface area (Å²) in [4.78, 5) is 20.3. The van der Waals surface area contributed by atoms with Crippen LogP contribution in [0.25, 0.3) is 22.2 Å². The summed E-state index contributed by atoms with van der Waals surface area (Å²) < 4.78 is 11.6. The average molecular weight is 370 g/mol. The van der Waals surface area contributed by atoms with Crippen molar-refractivity contribution in [2.24, 2.45) is 0 Å². The van der Waals surface area contributed by atoms with E-state index >= 15 is 0 Å². The zero-order valence-electron chi connectivity index (χ0n) is 15.4. The number of hydrogen-bond acceptors (Lipinski definition) is 4. The van der Waals surface area contributed by atoms with E-state index in [-0.39, 0.29) is 5.56 Å². The number of rotatable bonds is 3. The number of fused-ring (bicyclic) bond motifs is 4. The Morgan fingerprint density at radius 1 is 1.07 bits per heavy atom. The Morgan fingerprint density at radius 2 is 1.96 bits per heavy atom. The van der Waals surface area contributed by atoms with Crippen molar-refractivity contribution in [3.63, 3.8) is 0 Å². The van der Waals surface area contributed by atoms with Crippen molar-refractivity contribution < 1.29 is 9.47 Å². The summed E-state index contributed by atoms with van der Waals surface area (Å²) >= 11 is 0. The lowest BCUT2D eigenvalue weighted by molar-refractivity contribution is 0.340. The van der Waals surface area contributed by atoms with E-state index in [0.29, 0.717) is 30.3 Å². The first-order valence-electron chi connectivity index (χ1n) is 9.28. The number of H-pyrrole nitrogens is 1. The number of benzene rings is 3. The van der Waals surface area contributed by atoms with Gasteiger partial charge in [-0.1, -0.05) is 42.5 Å². The smallest absolute Gasteiger partial charge is 0.258 e. The van der Waals surface area contributed by atoms with Gasteiger partial charge in [-0.05, 0) is 35.9 Å². The quantitative estimate of drug-likeness (QED) is 0.501. The molecular weight excluding hydrogens is 352 g/mol. The van der Waals surface area contributed by atoms with Gasteiger partial charge >= 0.3 is 0 Å². The minimum Gasteiger partial charge on any atom is -0.494 e. The van der Waals surface area contributed by atoms with E-state index in [2.05, 4.69) is 22.1 Å². The highest BCUT2D eigenvalue weighted by Gasteiger charge is 2.24. The van der Waals surface area contributed by atoms with E-state index in [0.717, 1.165) is 33.4 Å². The first-order chi connectivity index (χ1) is 13.7. The molecule has 3 aromatic carbocycles. The largest absolute Gasteiger partial charge is 0.494 e. The van der Waals surface area contributed by atoms with Crippen molar-refractivity contribution in [2.45, 2.75) is 13.3 Å². The summed E-state index contributed by atoms with van der Waals surface area (Å²) in [5.74, 6) is 2.31. The fraction of sp³-hybridized carbons (Fsp3) is 0.130. The van der Waals surface area contributed by atoms with Crippen LogP contribution < -0.4 is 15.0 Å². The molecule has 0 atom stereocenters. The zero-order valence-corrected chi connectivity index (χ0v) is 15.4. The maximum absolute atomic E-state index is 12.8. The molecule has 0 aliphatic carbocycles. The molecule has 0 bridgehead atoms. The molecule has 0 saturated carbocycles. The molecule has 0 amide bonds. The van der Waals surface area contributed by atoms with Crippen LogP contribution in [0.15, 0.2) is 65.5 Å². The van der Waals surface area contributed by atoms with Gasteiger partial charge in [0.2, 0.25) is 5.88 Å². The monoisotopic (exact) mass is 370 g/mol. The van der Waals surface area contributed by atoms with Gasteiger partial charge in [-0.15, -0.1) is 0 Å². The van der Waals surface area contributed by atoms with Crippen LogP contribution in [0.3, 0.4) is 0 Å². The fourth-order valence-corrected chi connectivity index (χ4v) is 3.63. The maximum Gasteiger partial charge on any atom is 0.258 e. The second-order valence-electron chi connectivity index (χ2n) is 6.70. The molecule has 28 heavy (non-hydrogen) atoms. The lowest BCUT2D eigenvalue weighted by Gasteiger charge is -2.20. The summed E-state index contributed by atoms with van der Waals surface area (Å²) in [6.07, 6.45) is 0.494. The third-order valence-corrected chi connectivity index (χ3v) is 4.95. The van der Waals surface area contributed by atoms with Crippen molar-refractivity contribution in [1.29, 1.82) is 0 Å². The summed E-state index contributed by atoms with van der Waals surface area (Å²) in [7, 11) is 0. The van der Waals surface area contributed by atoms with E-state index in [1.54, 1.807) is 0 Å². The summed E-state index contributed by atoms with van der Waals surface area (Å²) in [6.45, 7) is 2.51. The van der Waals surface area contributed by atoms with Gasteiger partial charge in [0.25, 0.3) is 5.56 Å². The SMILES string of the molecule is CCOc1cccc(-c2nc3c(c(=O)[nH]2)Cc2c(ccc4ccccc24)O3)c1. The highest BCUT2D eigenvalue weighted by atomic mass is 16.5. The lowest BCUT2D eigenvalue weighted by atomic mass is 9.96. The Balaban J connectivity index is 1.60. The molecule has 138 valence electrons. The Morgan fingerprint density at radius 3 is 2.86 bits per heavy atom. The molecule has 1 aliphatic heterocycles. The predicted octanol–water partition coefficient (Wildman–Crippen LogP) is 4.69. The highest BCUT2D eigenvalue weighted by molar-refractivity contribution is 5.88. The van der Waals surface area contributed by atoms with Crippen LogP contribution in [0.2, 0.25) is 0 Å². The maximum atomic E-state index is 12.8.